The molecule has 1 atom stereocenters. The number of hydrogen-bond acceptors (Lipinski definition) is 4. The molecular weight excluding hydrogens is 298 g/mol. The highest BCUT2D eigenvalue weighted by atomic mass is 35.7. The van der Waals surface area contributed by atoms with Gasteiger partial charge in [0.25, 0.3) is 0 Å². The summed E-state index contributed by atoms with van der Waals surface area (Å²) in [4.78, 5) is 0. The van der Waals surface area contributed by atoms with Crippen LogP contribution in [0.3, 0.4) is 0 Å². The van der Waals surface area contributed by atoms with E-state index in [9.17, 15) is 8.42 Å². The lowest BCUT2D eigenvalue weighted by molar-refractivity contribution is 0.251. The predicted molar refractivity (Wildman–Crippen MR) is 79.4 cm³/mol. The molecule has 0 aromatic heterocycles. The van der Waals surface area contributed by atoms with Gasteiger partial charge < -0.3 is 4.74 Å². The lowest BCUT2D eigenvalue weighted by Gasteiger charge is -2.16. The first-order valence-corrected chi connectivity index (χ1v) is 8.89. The first-order chi connectivity index (χ1) is 9.35. The molecule has 0 N–H and O–H groups in total. The molecular formula is C14H18ClNO3S. The van der Waals surface area contributed by atoms with Crippen molar-refractivity contribution in [3.8, 4) is 11.8 Å². The molecule has 0 saturated carbocycles. The zero-order valence-corrected chi connectivity index (χ0v) is 13.2. The Kier molecular flexibility index (Phi) is 6.31. The normalized spacial score (nSPS) is 12.7. The summed E-state index contributed by atoms with van der Waals surface area (Å²) in [5, 5.41) is 8.87. The molecule has 0 aliphatic heterocycles. The Hall–Kier alpha value is -1.25. The molecule has 20 heavy (non-hydrogen) atoms. The fourth-order valence-corrected chi connectivity index (χ4v) is 3.30. The highest BCUT2D eigenvalue weighted by Gasteiger charge is 2.17. The minimum absolute atomic E-state index is 0.0978. The second-order valence-corrected chi connectivity index (χ2v) is 7.58. The molecule has 0 amide bonds. The van der Waals surface area contributed by atoms with Crippen LogP contribution in [-0.2, 0) is 9.05 Å². The number of nitriles is 1. The fourth-order valence-electron chi connectivity index (χ4n) is 1.94. The molecule has 110 valence electrons. The summed E-state index contributed by atoms with van der Waals surface area (Å²) in [5.74, 6) is 0.365. The van der Waals surface area contributed by atoms with Crippen LogP contribution in [0.25, 0.3) is 0 Å². The van der Waals surface area contributed by atoms with Gasteiger partial charge in [0.1, 0.15) is 5.75 Å². The van der Waals surface area contributed by atoms with Crippen molar-refractivity contribution in [2.75, 3.05) is 12.4 Å². The van der Waals surface area contributed by atoms with E-state index < -0.39 is 9.05 Å². The zero-order chi connectivity index (χ0) is 15.2. The summed E-state index contributed by atoms with van der Waals surface area (Å²) >= 11 is 0. The van der Waals surface area contributed by atoms with Gasteiger partial charge in [-0.2, -0.15) is 5.26 Å². The lowest BCUT2D eigenvalue weighted by atomic mass is 10.1. The van der Waals surface area contributed by atoms with E-state index in [4.69, 9.17) is 20.7 Å². The minimum atomic E-state index is -3.53. The molecule has 0 saturated heterocycles. The molecule has 1 unspecified atom stereocenters. The van der Waals surface area contributed by atoms with Gasteiger partial charge in [0.15, 0.2) is 0 Å². The van der Waals surface area contributed by atoms with Crippen molar-refractivity contribution in [3.63, 3.8) is 0 Å². The van der Waals surface area contributed by atoms with Crippen molar-refractivity contribution in [2.24, 2.45) is 5.92 Å². The maximum atomic E-state index is 11.2. The third-order valence-corrected chi connectivity index (χ3v) is 4.17. The number of aryl methyl sites for hydroxylation is 1. The Balaban J connectivity index is 2.75. The Morgan fingerprint density at radius 3 is 2.70 bits per heavy atom. The van der Waals surface area contributed by atoms with E-state index >= 15 is 0 Å². The second-order valence-electron chi connectivity index (χ2n) is 4.76. The molecule has 4 nitrogen and oxygen atoms in total. The van der Waals surface area contributed by atoms with Crippen molar-refractivity contribution >= 4 is 19.7 Å². The van der Waals surface area contributed by atoms with Gasteiger partial charge in [0.2, 0.25) is 9.05 Å². The SMILES string of the molecule is CCCC(COc1cc(C#N)ccc1C)CS(=O)(=O)Cl. The van der Waals surface area contributed by atoms with Crippen molar-refractivity contribution in [1.29, 1.82) is 5.26 Å². The van der Waals surface area contributed by atoms with E-state index in [1.807, 2.05) is 19.9 Å². The molecule has 0 heterocycles. The highest BCUT2D eigenvalue weighted by Crippen LogP contribution is 2.21. The minimum Gasteiger partial charge on any atom is -0.493 e. The number of hydrogen-bond donors (Lipinski definition) is 0. The molecule has 0 spiro atoms. The van der Waals surface area contributed by atoms with Crippen molar-refractivity contribution in [1.82, 2.24) is 0 Å². The molecule has 0 radical (unpaired) electrons. The van der Waals surface area contributed by atoms with E-state index in [2.05, 4.69) is 0 Å². The topological polar surface area (TPSA) is 67.2 Å². The zero-order valence-electron chi connectivity index (χ0n) is 11.6. The average Bonchev–Trinajstić information content (AvgIpc) is 2.36. The van der Waals surface area contributed by atoms with Crippen molar-refractivity contribution in [2.45, 2.75) is 26.7 Å². The molecule has 1 rings (SSSR count). The Morgan fingerprint density at radius 2 is 2.15 bits per heavy atom. The Morgan fingerprint density at radius 1 is 1.45 bits per heavy atom. The smallest absolute Gasteiger partial charge is 0.232 e. The second kappa shape index (κ2) is 7.51. The first kappa shape index (κ1) is 16.8. The number of nitrogens with zero attached hydrogens (tertiary/aromatic N) is 1. The third-order valence-electron chi connectivity index (χ3n) is 2.92. The molecule has 6 heteroatoms. The number of benzene rings is 1. The van der Waals surface area contributed by atoms with Gasteiger partial charge in [-0.3, -0.25) is 0 Å². The standard InChI is InChI=1S/C14H18ClNO3S/c1-3-4-13(10-20(15,17)18)9-19-14-7-12(8-16)6-5-11(14)2/h5-7,13H,3-4,9-10H2,1-2H3. The summed E-state index contributed by atoms with van der Waals surface area (Å²) in [6.45, 7) is 4.13. The van der Waals surface area contributed by atoms with Crippen LogP contribution < -0.4 is 4.74 Å². The van der Waals surface area contributed by atoms with Gasteiger partial charge in [0, 0.05) is 16.6 Å². The number of ether oxygens (including phenoxy) is 1. The molecule has 0 aliphatic rings. The van der Waals surface area contributed by atoms with Crippen LogP contribution in [0.4, 0.5) is 0 Å². The highest BCUT2D eigenvalue weighted by molar-refractivity contribution is 8.13. The van der Waals surface area contributed by atoms with Gasteiger partial charge in [-0.25, -0.2) is 8.42 Å². The summed E-state index contributed by atoms with van der Waals surface area (Å²) in [6.07, 6.45) is 1.58. The van der Waals surface area contributed by atoms with Crippen molar-refractivity contribution in [3.05, 3.63) is 29.3 Å². The molecule has 1 aromatic rings. The van der Waals surface area contributed by atoms with Crippen LogP contribution in [0.15, 0.2) is 18.2 Å². The van der Waals surface area contributed by atoms with E-state index in [0.29, 0.717) is 11.3 Å². The number of halogens is 1. The maximum absolute atomic E-state index is 11.2. The van der Waals surface area contributed by atoms with E-state index in [-0.39, 0.29) is 18.3 Å². The summed E-state index contributed by atoms with van der Waals surface area (Å²) in [5.41, 5.74) is 1.43. The van der Waals surface area contributed by atoms with Crippen molar-refractivity contribution < 1.29 is 13.2 Å². The fraction of sp³-hybridized carbons (Fsp3) is 0.500. The monoisotopic (exact) mass is 315 g/mol. The molecule has 0 bridgehead atoms. The van der Waals surface area contributed by atoms with Crippen LogP contribution >= 0.6 is 10.7 Å². The van der Waals surface area contributed by atoms with E-state index in [0.717, 1.165) is 18.4 Å². The molecule has 1 aromatic carbocycles. The predicted octanol–water partition coefficient (Wildman–Crippen LogP) is 3.23. The van der Waals surface area contributed by atoms with E-state index in [1.54, 1.807) is 18.2 Å². The van der Waals surface area contributed by atoms with Gasteiger partial charge in [0.05, 0.1) is 24.0 Å². The van der Waals surface area contributed by atoms with Crippen LogP contribution in [0.2, 0.25) is 0 Å². The first-order valence-electron chi connectivity index (χ1n) is 6.41. The van der Waals surface area contributed by atoms with E-state index in [1.165, 1.54) is 0 Å². The number of rotatable bonds is 7. The van der Waals surface area contributed by atoms with Crippen LogP contribution in [0, 0.1) is 24.2 Å². The Bertz CT molecular complexity index is 593. The average molecular weight is 316 g/mol. The van der Waals surface area contributed by atoms with Gasteiger partial charge in [-0.1, -0.05) is 19.4 Å². The Labute approximate surface area is 124 Å². The molecule has 0 fully saturated rings. The quantitative estimate of drug-likeness (QED) is 0.724. The van der Waals surface area contributed by atoms with Gasteiger partial charge >= 0.3 is 0 Å². The third kappa shape index (κ3) is 5.81. The summed E-state index contributed by atoms with van der Waals surface area (Å²) in [7, 11) is 1.76. The summed E-state index contributed by atoms with van der Waals surface area (Å²) in [6, 6.07) is 7.23. The van der Waals surface area contributed by atoms with Crippen LogP contribution in [-0.4, -0.2) is 20.8 Å². The molecule has 0 aliphatic carbocycles. The maximum Gasteiger partial charge on any atom is 0.232 e. The van der Waals surface area contributed by atoms with Crippen LogP contribution in [0.1, 0.15) is 30.9 Å². The van der Waals surface area contributed by atoms with Gasteiger partial charge in [-0.05, 0) is 31.0 Å². The lowest BCUT2D eigenvalue weighted by Crippen LogP contribution is -2.20. The van der Waals surface area contributed by atoms with Gasteiger partial charge in [-0.15, -0.1) is 0 Å². The summed E-state index contributed by atoms with van der Waals surface area (Å²) < 4.78 is 28.0. The largest absolute Gasteiger partial charge is 0.493 e. The van der Waals surface area contributed by atoms with Crippen LogP contribution in [0.5, 0.6) is 5.75 Å².